The monoisotopic (exact) mass is 460 g/mol. The number of ether oxygens (including phenoxy) is 2. The van der Waals surface area contributed by atoms with Crippen LogP contribution in [0.2, 0.25) is 0 Å². The zero-order chi connectivity index (χ0) is 24.1. The smallest absolute Gasteiger partial charge is 0.339 e. The van der Waals surface area contributed by atoms with E-state index in [9.17, 15) is 9.59 Å². The van der Waals surface area contributed by atoms with Gasteiger partial charge in [-0.15, -0.1) is 6.42 Å². The average Bonchev–Trinajstić information content (AvgIpc) is 3.12. The van der Waals surface area contributed by atoms with Crippen molar-refractivity contribution in [1.82, 2.24) is 0 Å². The largest absolute Gasteiger partial charge is 0.462 e. The van der Waals surface area contributed by atoms with Crippen LogP contribution in [0.4, 0.5) is 0 Å². The second-order valence-corrected chi connectivity index (χ2v) is 11.5. The molecule has 0 heterocycles. The molecule has 0 saturated heterocycles. The molecule has 3 saturated carbocycles. The summed E-state index contributed by atoms with van der Waals surface area (Å²) in [6.07, 6.45) is 16.3. The van der Waals surface area contributed by atoms with Gasteiger partial charge in [0.05, 0.1) is 5.56 Å². The average molecular weight is 461 g/mol. The molecule has 7 atom stereocenters. The predicted molar refractivity (Wildman–Crippen MR) is 131 cm³/mol. The Bertz CT molecular complexity index is 1050. The highest BCUT2D eigenvalue weighted by Gasteiger charge is 2.65. The third-order valence-electron chi connectivity index (χ3n) is 10.0. The molecular formula is C30H36O4. The maximum atomic E-state index is 13.0. The highest BCUT2D eigenvalue weighted by atomic mass is 16.6. The van der Waals surface area contributed by atoms with Crippen LogP contribution in [0.3, 0.4) is 0 Å². The highest BCUT2D eigenvalue weighted by molar-refractivity contribution is 5.89. The number of hydrogen-bond acceptors (Lipinski definition) is 4. The minimum atomic E-state index is -0.854. The molecule has 0 amide bonds. The molecule has 1 aromatic rings. The van der Waals surface area contributed by atoms with Crippen LogP contribution >= 0.6 is 0 Å². The number of carbonyl (C=O) groups is 2. The van der Waals surface area contributed by atoms with E-state index in [0.717, 1.165) is 51.4 Å². The fourth-order valence-electron chi connectivity index (χ4n) is 8.19. The molecule has 34 heavy (non-hydrogen) atoms. The zero-order valence-corrected chi connectivity index (χ0v) is 20.6. The van der Waals surface area contributed by atoms with E-state index in [4.69, 9.17) is 15.9 Å². The van der Waals surface area contributed by atoms with Gasteiger partial charge in [-0.05, 0) is 80.2 Å². The lowest BCUT2D eigenvalue weighted by atomic mass is 9.47. The first-order valence-corrected chi connectivity index (χ1v) is 12.9. The third-order valence-corrected chi connectivity index (χ3v) is 10.0. The number of benzene rings is 1. The Labute approximate surface area is 203 Å². The van der Waals surface area contributed by atoms with Crippen LogP contribution in [0.5, 0.6) is 0 Å². The minimum absolute atomic E-state index is 0.0141. The van der Waals surface area contributed by atoms with Gasteiger partial charge in [0.2, 0.25) is 0 Å². The van der Waals surface area contributed by atoms with Gasteiger partial charge in [0.25, 0.3) is 0 Å². The summed E-state index contributed by atoms with van der Waals surface area (Å²) < 4.78 is 11.8. The summed E-state index contributed by atoms with van der Waals surface area (Å²) in [7, 11) is 0. The van der Waals surface area contributed by atoms with Crippen LogP contribution < -0.4 is 0 Å². The summed E-state index contributed by atoms with van der Waals surface area (Å²) in [4.78, 5) is 24.5. The quantitative estimate of drug-likeness (QED) is 0.310. The van der Waals surface area contributed by atoms with E-state index in [2.05, 4.69) is 25.8 Å². The second kappa shape index (κ2) is 8.29. The first kappa shape index (κ1) is 23.2. The predicted octanol–water partition coefficient (Wildman–Crippen LogP) is 6.11. The van der Waals surface area contributed by atoms with Crippen molar-refractivity contribution < 1.29 is 19.1 Å². The minimum Gasteiger partial charge on any atom is -0.462 e. The van der Waals surface area contributed by atoms with Gasteiger partial charge >= 0.3 is 11.9 Å². The molecule has 0 radical (unpaired) electrons. The van der Waals surface area contributed by atoms with E-state index in [1.165, 1.54) is 12.5 Å². The number of esters is 2. The van der Waals surface area contributed by atoms with Crippen LogP contribution in [-0.2, 0) is 14.3 Å². The van der Waals surface area contributed by atoms with E-state index < -0.39 is 5.60 Å². The summed E-state index contributed by atoms with van der Waals surface area (Å²) in [6.45, 7) is 6.21. The van der Waals surface area contributed by atoms with Crippen LogP contribution in [0.1, 0.15) is 82.5 Å². The standard InChI is InChI=1S/C30H36O4/c1-5-30(34-27(32)21-9-7-6-8-10-21)18-15-26-24-12-11-22-19-23(33-20(2)31)13-16-28(22,3)25(24)14-17-29(26,30)4/h1,6-11,23-26H,12-19H2,2-4H3. The number of allylic oxidation sites excluding steroid dienone is 1. The first-order chi connectivity index (χ1) is 16.2. The third kappa shape index (κ3) is 3.43. The Morgan fingerprint density at radius 2 is 1.76 bits per heavy atom. The normalized spacial score (nSPS) is 40.6. The Balaban J connectivity index is 1.40. The van der Waals surface area contributed by atoms with Crippen molar-refractivity contribution in [3.05, 3.63) is 47.5 Å². The molecule has 0 aromatic heterocycles. The molecule has 7 unspecified atom stereocenters. The van der Waals surface area contributed by atoms with E-state index in [1.54, 1.807) is 12.1 Å². The molecule has 0 bridgehead atoms. The summed E-state index contributed by atoms with van der Waals surface area (Å²) in [5.41, 5.74) is 1.12. The molecule has 0 N–H and O–H groups in total. The fourth-order valence-corrected chi connectivity index (χ4v) is 8.19. The Kier molecular flexibility index (Phi) is 5.66. The van der Waals surface area contributed by atoms with Crippen LogP contribution in [0, 0.1) is 40.9 Å². The van der Waals surface area contributed by atoms with Gasteiger partial charge in [0.1, 0.15) is 6.10 Å². The molecule has 4 aliphatic rings. The molecule has 4 aliphatic carbocycles. The SMILES string of the molecule is C#CC1(OC(=O)c2ccccc2)CCC2C3CC=C4CC(OC(C)=O)CCC4(C)C3CCC21C. The van der Waals surface area contributed by atoms with Gasteiger partial charge in [0.15, 0.2) is 5.60 Å². The van der Waals surface area contributed by atoms with Crippen molar-refractivity contribution >= 4 is 11.9 Å². The lowest BCUT2D eigenvalue weighted by Gasteiger charge is -2.58. The molecule has 180 valence electrons. The summed E-state index contributed by atoms with van der Waals surface area (Å²) in [6, 6.07) is 9.18. The zero-order valence-electron chi connectivity index (χ0n) is 20.6. The maximum absolute atomic E-state index is 13.0. The Morgan fingerprint density at radius 3 is 2.47 bits per heavy atom. The van der Waals surface area contributed by atoms with Crippen molar-refractivity contribution in [2.75, 3.05) is 0 Å². The topological polar surface area (TPSA) is 52.6 Å². The van der Waals surface area contributed by atoms with Gasteiger partial charge in [0, 0.05) is 18.8 Å². The van der Waals surface area contributed by atoms with Crippen molar-refractivity contribution in [3.63, 3.8) is 0 Å². The van der Waals surface area contributed by atoms with Crippen molar-refractivity contribution in [1.29, 1.82) is 0 Å². The molecule has 1 aromatic carbocycles. The van der Waals surface area contributed by atoms with Gasteiger partial charge < -0.3 is 9.47 Å². The van der Waals surface area contributed by atoms with E-state index >= 15 is 0 Å². The summed E-state index contributed by atoms with van der Waals surface area (Å²) in [5.74, 6) is 4.08. The highest BCUT2D eigenvalue weighted by Crippen LogP contribution is 2.67. The molecule has 4 heteroatoms. The van der Waals surface area contributed by atoms with E-state index in [1.807, 2.05) is 18.2 Å². The van der Waals surface area contributed by atoms with Gasteiger partial charge in [-0.2, -0.15) is 0 Å². The molecule has 3 fully saturated rings. The number of terminal acetylenes is 1. The fraction of sp³-hybridized carbons (Fsp3) is 0.600. The summed E-state index contributed by atoms with van der Waals surface area (Å²) in [5, 5.41) is 0. The van der Waals surface area contributed by atoms with E-state index in [-0.39, 0.29) is 28.9 Å². The molecule has 0 aliphatic heterocycles. The number of fused-ring (bicyclic) bond motifs is 5. The maximum Gasteiger partial charge on any atom is 0.339 e. The lowest BCUT2D eigenvalue weighted by molar-refractivity contribution is -0.149. The number of carbonyl (C=O) groups excluding carboxylic acids is 2. The van der Waals surface area contributed by atoms with Crippen LogP contribution in [0.25, 0.3) is 0 Å². The first-order valence-electron chi connectivity index (χ1n) is 12.9. The van der Waals surface area contributed by atoms with Crippen LogP contribution in [0.15, 0.2) is 42.0 Å². The second-order valence-electron chi connectivity index (χ2n) is 11.5. The van der Waals surface area contributed by atoms with Crippen molar-refractivity contribution in [2.24, 2.45) is 28.6 Å². The molecular weight excluding hydrogens is 424 g/mol. The van der Waals surface area contributed by atoms with Crippen molar-refractivity contribution in [3.8, 4) is 12.3 Å². The van der Waals surface area contributed by atoms with Crippen molar-refractivity contribution in [2.45, 2.75) is 83.8 Å². The summed E-state index contributed by atoms with van der Waals surface area (Å²) >= 11 is 0. The number of rotatable bonds is 3. The van der Waals surface area contributed by atoms with Gasteiger partial charge in [-0.25, -0.2) is 4.79 Å². The molecule has 0 spiro atoms. The lowest BCUT2D eigenvalue weighted by Crippen LogP contribution is -2.55. The van der Waals surface area contributed by atoms with Gasteiger partial charge in [-0.1, -0.05) is 49.6 Å². The van der Waals surface area contributed by atoms with Crippen LogP contribution in [-0.4, -0.2) is 23.6 Å². The Hall–Kier alpha value is -2.54. The number of hydrogen-bond donors (Lipinski definition) is 0. The van der Waals surface area contributed by atoms with E-state index in [0.29, 0.717) is 23.3 Å². The molecule has 5 rings (SSSR count). The molecule has 4 nitrogen and oxygen atoms in total. The van der Waals surface area contributed by atoms with Gasteiger partial charge in [-0.3, -0.25) is 4.79 Å². The Morgan fingerprint density at radius 1 is 1.03 bits per heavy atom.